The molecule has 0 fully saturated rings. The van der Waals surface area contributed by atoms with Crippen molar-refractivity contribution in [2.24, 2.45) is 0 Å². The zero-order valence-corrected chi connectivity index (χ0v) is 17.8. The van der Waals surface area contributed by atoms with Gasteiger partial charge in [-0.15, -0.1) is 11.3 Å². The fraction of sp³-hybridized carbons (Fsp3) is 0.227. The van der Waals surface area contributed by atoms with E-state index >= 15 is 0 Å². The Bertz CT molecular complexity index is 1140. The molecule has 3 aromatic rings. The summed E-state index contributed by atoms with van der Waals surface area (Å²) in [6.07, 6.45) is -0.178. The quantitative estimate of drug-likeness (QED) is 0.610. The van der Waals surface area contributed by atoms with E-state index in [1.54, 1.807) is 4.90 Å². The molecule has 2 aromatic carbocycles. The summed E-state index contributed by atoms with van der Waals surface area (Å²) in [4.78, 5) is 39.3. The lowest BCUT2D eigenvalue weighted by molar-refractivity contribution is -0.152. The van der Waals surface area contributed by atoms with Crippen LogP contribution < -0.4 is 10.2 Å². The number of nitrogens with zero attached hydrogens (tertiary/aromatic N) is 1. The molecule has 1 aliphatic heterocycles. The predicted molar refractivity (Wildman–Crippen MR) is 117 cm³/mol. The number of para-hydroxylation sites is 1. The molecule has 6 nitrogen and oxygen atoms in total. The lowest BCUT2D eigenvalue weighted by Gasteiger charge is -2.21. The number of amides is 2. The Labute approximate surface area is 182 Å². The number of rotatable bonds is 5. The fourth-order valence-electron chi connectivity index (χ4n) is 3.47. The van der Waals surface area contributed by atoms with Gasteiger partial charge in [-0.2, -0.15) is 0 Å². The standard InChI is InChI=1S/C22H19ClN2O4S/c1-13(22(28)25-11-10-14-6-2-4-8-16(14)25)29-18(26)12-24-21(27)20-19(23)15-7-3-5-9-17(15)30-20/h2-9,13H,10-12H2,1H3,(H,24,27)/t13-/m1/s1. The van der Waals surface area contributed by atoms with Gasteiger partial charge in [-0.1, -0.05) is 48.0 Å². The Morgan fingerprint density at radius 1 is 1.17 bits per heavy atom. The molecule has 0 radical (unpaired) electrons. The maximum Gasteiger partial charge on any atom is 0.326 e. The van der Waals surface area contributed by atoms with E-state index in [0.29, 0.717) is 16.4 Å². The highest BCUT2D eigenvalue weighted by molar-refractivity contribution is 7.21. The summed E-state index contributed by atoms with van der Waals surface area (Å²) >= 11 is 7.55. The molecule has 154 valence electrons. The van der Waals surface area contributed by atoms with Crippen molar-refractivity contribution >= 4 is 56.5 Å². The van der Waals surface area contributed by atoms with E-state index in [1.807, 2.05) is 48.5 Å². The summed E-state index contributed by atoms with van der Waals surface area (Å²) in [5.74, 6) is -1.42. The Morgan fingerprint density at radius 3 is 2.70 bits per heavy atom. The fourth-order valence-corrected chi connectivity index (χ4v) is 4.90. The van der Waals surface area contributed by atoms with Crippen LogP contribution in [0.4, 0.5) is 5.69 Å². The molecule has 0 aliphatic carbocycles. The number of benzene rings is 2. The first-order valence-electron chi connectivity index (χ1n) is 9.49. The maximum atomic E-state index is 12.7. The number of esters is 1. The van der Waals surface area contributed by atoms with E-state index in [1.165, 1.54) is 18.3 Å². The third-order valence-electron chi connectivity index (χ3n) is 4.94. The monoisotopic (exact) mass is 442 g/mol. The SMILES string of the molecule is C[C@@H](OC(=O)CNC(=O)c1sc2ccccc2c1Cl)C(=O)N1CCc2ccccc21. The second-order valence-electron chi connectivity index (χ2n) is 6.92. The molecular weight excluding hydrogens is 424 g/mol. The summed E-state index contributed by atoms with van der Waals surface area (Å²) in [5, 5.41) is 3.67. The number of fused-ring (bicyclic) bond motifs is 2. The van der Waals surface area contributed by atoms with Crippen LogP contribution >= 0.6 is 22.9 Å². The molecule has 1 aromatic heterocycles. The van der Waals surface area contributed by atoms with Crippen LogP contribution in [-0.2, 0) is 20.7 Å². The number of nitrogens with one attached hydrogen (secondary N) is 1. The van der Waals surface area contributed by atoms with Crippen molar-refractivity contribution in [2.45, 2.75) is 19.4 Å². The number of hydrogen-bond acceptors (Lipinski definition) is 5. The van der Waals surface area contributed by atoms with E-state index in [-0.39, 0.29) is 12.5 Å². The minimum absolute atomic E-state index is 0.285. The molecule has 1 atom stereocenters. The van der Waals surface area contributed by atoms with Crippen molar-refractivity contribution in [1.82, 2.24) is 5.32 Å². The van der Waals surface area contributed by atoms with Crippen LogP contribution in [-0.4, -0.2) is 37.0 Å². The first-order chi connectivity index (χ1) is 14.5. The summed E-state index contributed by atoms with van der Waals surface area (Å²) in [5.41, 5.74) is 1.94. The number of carbonyl (C=O) groups excluding carboxylic acids is 3. The van der Waals surface area contributed by atoms with Crippen molar-refractivity contribution in [3.8, 4) is 0 Å². The van der Waals surface area contributed by atoms with Crippen LogP contribution in [0.3, 0.4) is 0 Å². The van der Waals surface area contributed by atoms with Gasteiger partial charge in [-0.25, -0.2) is 0 Å². The molecule has 0 unspecified atom stereocenters. The zero-order chi connectivity index (χ0) is 21.3. The minimum Gasteiger partial charge on any atom is -0.451 e. The lowest BCUT2D eigenvalue weighted by atomic mass is 10.2. The third kappa shape index (κ3) is 3.91. The number of hydrogen-bond donors (Lipinski definition) is 1. The smallest absolute Gasteiger partial charge is 0.326 e. The summed E-state index contributed by atoms with van der Waals surface area (Å²) < 4.78 is 6.13. The Kier molecular flexibility index (Phi) is 5.74. The molecule has 4 rings (SSSR count). The highest BCUT2D eigenvalue weighted by Gasteiger charge is 2.29. The molecular formula is C22H19ClN2O4S. The molecule has 1 aliphatic rings. The van der Waals surface area contributed by atoms with Gasteiger partial charge in [0.1, 0.15) is 11.4 Å². The molecule has 2 amide bonds. The highest BCUT2D eigenvalue weighted by atomic mass is 35.5. The van der Waals surface area contributed by atoms with Crippen LogP contribution in [0.15, 0.2) is 48.5 Å². The second kappa shape index (κ2) is 8.45. The molecule has 0 saturated heterocycles. The van der Waals surface area contributed by atoms with Crippen molar-refractivity contribution < 1.29 is 19.1 Å². The minimum atomic E-state index is -0.950. The van der Waals surface area contributed by atoms with Crippen molar-refractivity contribution in [3.05, 3.63) is 64.0 Å². The van der Waals surface area contributed by atoms with Crippen LogP contribution in [0.2, 0.25) is 5.02 Å². The Hall–Kier alpha value is -2.90. The molecule has 8 heteroatoms. The van der Waals surface area contributed by atoms with Crippen molar-refractivity contribution in [2.75, 3.05) is 18.0 Å². The van der Waals surface area contributed by atoms with E-state index in [0.717, 1.165) is 27.8 Å². The van der Waals surface area contributed by atoms with Crippen molar-refractivity contribution in [1.29, 1.82) is 0 Å². The summed E-state index contributed by atoms with van der Waals surface area (Å²) in [6, 6.07) is 15.1. The van der Waals surface area contributed by atoms with Gasteiger partial charge in [0.25, 0.3) is 11.8 Å². The molecule has 0 spiro atoms. The predicted octanol–water partition coefficient (Wildman–Crippen LogP) is 3.81. The van der Waals surface area contributed by atoms with Gasteiger partial charge in [0.15, 0.2) is 6.10 Å². The Morgan fingerprint density at radius 2 is 1.90 bits per heavy atom. The zero-order valence-electron chi connectivity index (χ0n) is 16.2. The summed E-state index contributed by atoms with van der Waals surface area (Å²) in [6.45, 7) is 1.74. The van der Waals surface area contributed by atoms with Crippen LogP contribution in [0.5, 0.6) is 0 Å². The molecule has 2 heterocycles. The number of halogens is 1. The van der Waals surface area contributed by atoms with Gasteiger partial charge in [0.05, 0.1) is 5.02 Å². The van der Waals surface area contributed by atoms with Gasteiger partial charge in [-0.3, -0.25) is 14.4 Å². The lowest BCUT2D eigenvalue weighted by Crippen LogP contribution is -2.41. The van der Waals surface area contributed by atoms with Gasteiger partial charge in [0.2, 0.25) is 0 Å². The normalized spacial score (nSPS) is 13.7. The molecule has 0 bridgehead atoms. The summed E-state index contributed by atoms with van der Waals surface area (Å²) in [7, 11) is 0. The number of carbonyl (C=O) groups is 3. The second-order valence-corrected chi connectivity index (χ2v) is 8.35. The van der Waals surface area contributed by atoms with Crippen LogP contribution in [0, 0.1) is 0 Å². The van der Waals surface area contributed by atoms with Crippen molar-refractivity contribution in [3.63, 3.8) is 0 Å². The Balaban J connectivity index is 1.34. The topological polar surface area (TPSA) is 75.7 Å². The average Bonchev–Trinajstić information content (AvgIpc) is 3.33. The number of anilines is 1. The van der Waals surface area contributed by atoms with Crippen LogP contribution in [0.25, 0.3) is 10.1 Å². The van der Waals surface area contributed by atoms with Gasteiger partial charge in [0, 0.05) is 22.3 Å². The molecule has 30 heavy (non-hydrogen) atoms. The van der Waals surface area contributed by atoms with Gasteiger partial charge >= 0.3 is 5.97 Å². The number of ether oxygens (including phenoxy) is 1. The van der Waals surface area contributed by atoms with E-state index in [9.17, 15) is 14.4 Å². The maximum absolute atomic E-state index is 12.7. The third-order valence-corrected chi connectivity index (χ3v) is 6.62. The van der Waals surface area contributed by atoms with Gasteiger partial charge < -0.3 is 15.0 Å². The van der Waals surface area contributed by atoms with Gasteiger partial charge in [-0.05, 0) is 31.0 Å². The number of thiophene rings is 1. The first kappa shape index (κ1) is 20.4. The van der Waals surface area contributed by atoms with E-state index in [4.69, 9.17) is 16.3 Å². The average molecular weight is 443 g/mol. The molecule has 1 N–H and O–H groups in total. The first-order valence-corrected chi connectivity index (χ1v) is 10.7. The van der Waals surface area contributed by atoms with Crippen LogP contribution in [0.1, 0.15) is 22.2 Å². The largest absolute Gasteiger partial charge is 0.451 e. The van der Waals surface area contributed by atoms with E-state index < -0.39 is 18.0 Å². The van der Waals surface area contributed by atoms with E-state index in [2.05, 4.69) is 5.32 Å². The highest BCUT2D eigenvalue weighted by Crippen LogP contribution is 2.35. The molecule has 0 saturated carbocycles.